The van der Waals surface area contributed by atoms with Crippen molar-refractivity contribution in [3.63, 3.8) is 0 Å². The fraction of sp³-hybridized carbons (Fsp3) is 0.320. The molecule has 1 saturated heterocycles. The van der Waals surface area contributed by atoms with Gasteiger partial charge in [-0.05, 0) is 56.5 Å². The van der Waals surface area contributed by atoms with Crippen molar-refractivity contribution in [3.8, 4) is 5.69 Å². The second kappa shape index (κ2) is 9.50. The quantitative estimate of drug-likeness (QED) is 0.427. The highest BCUT2D eigenvalue weighted by atomic mass is 79.9. The van der Waals surface area contributed by atoms with Crippen molar-refractivity contribution >= 4 is 56.9 Å². The molecule has 5 rings (SSSR count). The number of hydrogen-bond donors (Lipinski definition) is 1. The van der Waals surface area contributed by atoms with Crippen molar-refractivity contribution < 1.29 is 19.5 Å². The number of carbonyl (C=O) groups excluding carboxylic acids is 3. The maximum Gasteiger partial charge on any atom is 0.262 e. The summed E-state index contributed by atoms with van der Waals surface area (Å²) in [7, 11) is 0. The smallest absolute Gasteiger partial charge is 0.262 e. The normalized spacial score (nSPS) is 17.1. The molecule has 1 unspecified atom stereocenters. The number of fused-ring (bicyclic) bond motifs is 1. The lowest BCUT2D eigenvalue weighted by Gasteiger charge is -2.47. The summed E-state index contributed by atoms with van der Waals surface area (Å²) >= 11 is 15.5. The fourth-order valence-corrected chi connectivity index (χ4v) is 5.38. The molecule has 1 N–H and O–H groups in total. The van der Waals surface area contributed by atoms with E-state index < -0.39 is 29.4 Å². The van der Waals surface area contributed by atoms with Gasteiger partial charge in [-0.25, -0.2) is 4.68 Å². The average molecular weight is 607 g/mol. The van der Waals surface area contributed by atoms with Crippen LogP contribution in [0.1, 0.15) is 45.3 Å². The molecule has 9 nitrogen and oxygen atoms in total. The topological polar surface area (TPSA) is 109 Å². The van der Waals surface area contributed by atoms with Crippen LogP contribution in [0.4, 0.5) is 0 Å². The Balaban J connectivity index is 1.19. The molecule has 0 bridgehead atoms. The molecule has 1 aromatic heterocycles. The molecule has 2 aliphatic heterocycles. The third-order valence-electron chi connectivity index (χ3n) is 6.86. The highest BCUT2D eigenvalue weighted by molar-refractivity contribution is 9.10. The number of hydrogen-bond acceptors (Lipinski definition) is 6. The summed E-state index contributed by atoms with van der Waals surface area (Å²) in [5.41, 5.74) is 1.79. The third-order valence-corrected chi connectivity index (χ3v) is 8.44. The molecule has 0 spiro atoms. The molecule has 0 aliphatic carbocycles. The van der Waals surface area contributed by atoms with E-state index in [0.29, 0.717) is 18.5 Å². The minimum absolute atomic E-state index is 0.0931. The van der Waals surface area contributed by atoms with Crippen LogP contribution in [0.5, 0.6) is 0 Å². The lowest BCUT2D eigenvalue weighted by atomic mass is 9.88. The number of halogens is 3. The molecule has 3 amide bonds. The van der Waals surface area contributed by atoms with E-state index in [-0.39, 0.29) is 34.3 Å². The molecular weight excluding hydrogens is 585 g/mol. The molecule has 192 valence electrons. The number of imide groups is 1. The molecule has 12 heteroatoms. The van der Waals surface area contributed by atoms with Gasteiger partial charge in [0, 0.05) is 4.47 Å². The van der Waals surface area contributed by atoms with Crippen LogP contribution in [0.2, 0.25) is 10.0 Å². The fourth-order valence-electron chi connectivity index (χ4n) is 4.69. The predicted octanol–water partition coefficient (Wildman–Crippen LogP) is 3.84. The monoisotopic (exact) mass is 605 g/mol. The molecule has 2 aliphatic rings. The van der Waals surface area contributed by atoms with Crippen molar-refractivity contribution in [3.05, 3.63) is 73.4 Å². The predicted molar refractivity (Wildman–Crippen MR) is 140 cm³/mol. The van der Waals surface area contributed by atoms with Crippen LogP contribution in [0.15, 0.2) is 41.0 Å². The van der Waals surface area contributed by atoms with Crippen molar-refractivity contribution in [2.75, 3.05) is 13.1 Å². The van der Waals surface area contributed by atoms with E-state index >= 15 is 0 Å². The van der Waals surface area contributed by atoms with E-state index in [2.05, 4.69) is 26.2 Å². The van der Waals surface area contributed by atoms with E-state index in [1.54, 1.807) is 4.68 Å². The van der Waals surface area contributed by atoms with Gasteiger partial charge in [-0.2, -0.15) is 0 Å². The number of aliphatic hydroxyl groups is 1. The van der Waals surface area contributed by atoms with Crippen LogP contribution in [-0.4, -0.2) is 72.4 Å². The second-order valence-electron chi connectivity index (χ2n) is 9.43. The summed E-state index contributed by atoms with van der Waals surface area (Å²) in [5, 5.41) is 19.6. The Labute approximate surface area is 231 Å². The van der Waals surface area contributed by atoms with E-state index in [4.69, 9.17) is 23.2 Å². The van der Waals surface area contributed by atoms with Crippen LogP contribution in [0.3, 0.4) is 0 Å². The van der Waals surface area contributed by atoms with Gasteiger partial charge in [-0.15, -0.1) is 5.10 Å². The molecule has 1 fully saturated rings. The maximum absolute atomic E-state index is 13.1. The van der Waals surface area contributed by atoms with Crippen LogP contribution in [-0.2, 0) is 11.2 Å². The summed E-state index contributed by atoms with van der Waals surface area (Å²) in [6.45, 7) is 3.66. The number of carbonyl (C=O) groups is 3. The zero-order valence-electron chi connectivity index (χ0n) is 19.9. The summed E-state index contributed by atoms with van der Waals surface area (Å²) in [4.78, 5) is 41.1. The zero-order chi connectivity index (χ0) is 26.6. The third kappa shape index (κ3) is 4.56. The molecule has 37 heavy (non-hydrogen) atoms. The lowest BCUT2D eigenvalue weighted by molar-refractivity contribution is -0.159. The molecule has 3 heterocycles. The number of β-amino-alcohol motifs (C(OH)–C–C–N with tert-alkyl or cyclic N) is 1. The highest BCUT2D eigenvalue weighted by Crippen LogP contribution is 2.34. The molecule has 0 radical (unpaired) electrons. The van der Waals surface area contributed by atoms with Gasteiger partial charge < -0.3 is 10.0 Å². The minimum atomic E-state index is -1.09. The largest absolute Gasteiger partial charge is 0.386 e. The van der Waals surface area contributed by atoms with Gasteiger partial charge in [-0.1, -0.05) is 50.4 Å². The molecular formula is C25H22BrCl2N5O4. The number of benzene rings is 2. The first-order valence-corrected chi connectivity index (χ1v) is 13.1. The minimum Gasteiger partial charge on any atom is -0.386 e. The molecule has 1 atom stereocenters. The first-order chi connectivity index (χ1) is 17.5. The number of aryl methyl sites for hydroxylation is 1. The van der Waals surface area contributed by atoms with Gasteiger partial charge >= 0.3 is 0 Å². The Morgan fingerprint density at radius 3 is 2.41 bits per heavy atom. The summed E-state index contributed by atoms with van der Waals surface area (Å²) in [6, 6.07) is 7.46. The van der Waals surface area contributed by atoms with E-state index in [1.165, 1.54) is 24.0 Å². The van der Waals surface area contributed by atoms with E-state index in [0.717, 1.165) is 20.6 Å². The Morgan fingerprint density at radius 2 is 1.78 bits per heavy atom. The van der Waals surface area contributed by atoms with Gasteiger partial charge in [0.15, 0.2) is 0 Å². The van der Waals surface area contributed by atoms with Crippen molar-refractivity contribution in [2.45, 2.75) is 38.3 Å². The van der Waals surface area contributed by atoms with Gasteiger partial charge in [0.25, 0.3) is 11.8 Å². The number of nitrogens with zero attached hydrogens (tertiary/aromatic N) is 5. The number of likely N-dealkylation sites (tertiary alicyclic amines) is 1. The average Bonchev–Trinajstić information content (AvgIpc) is 3.40. The highest BCUT2D eigenvalue weighted by Gasteiger charge is 2.48. The maximum atomic E-state index is 13.1. The van der Waals surface area contributed by atoms with E-state index in [1.807, 2.05) is 31.3 Å². The van der Waals surface area contributed by atoms with Crippen molar-refractivity contribution in [2.24, 2.45) is 0 Å². The first-order valence-electron chi connectivity index (χ1n) is 11.5. The number of rotatable bonds is 6. The van der Waals surface area contributed by atoms with Crippen LogP contribution < -0.4 is 0 Å². The van der Waals surface area contributed by atoms with Crippen LogP contribution in [0.25, 0.3) is 5.69 Å². The number of aromatic nitrogens is 3. The molecule has 0 saturated carbocycles. The van der Waals surface area contributed by atoms with Crippen LogP contribution in [0, 0.1) is 6.92 Å². The number of amides is 3. The van der Waals surface area contributed by atoms with Crippen LogP contribution >= 0.6 is 39.1 Å². The first kappa shape index (κ1) is 25.8. The Morgan fingerprint density at radius 1 is 1.16 bits per heavy atom. The summed E-state index contributed by atoms with van der Waals surface area (Å²) in [6.07, 6.45) is 2.68. The standard InChI is InChI=1S/C25H22BrCl2N5O4/c1-13-18(26)4-3-5-21(13)32-10-15(29-30-32)6-7-25(37)11-31(12-25)22(34)14(2)33-23(35)16-8-19(27)20(28)9-17(16)24(33)36/h3-5,8-10,14,37H,6-7,11-12H2,1-2H3. The Kier molecular flexibility index (Phi) is 6.64. The zero-order valence-corrected chi connectivity index (χ0v) is 23.0. The Bertz CT molecular complexity index is 1410. The SMILES string of the molecule is Cc1c(Br)cccc1-n1cc(CCC2(O)CN(C(=O)C(C)N3C(=O)c4cc(Cl)c(Cl)cc4C3=O)C2)nn1. The molecule has 2 aromatic carbocycles. The molecule has 3 aromatic rings. The van der Waals surface area contributed by atoms with Gasteiger partial charge in [-0.3, -0.25) is 19.3 Å². The van der Waals surface area contributed by atoms with Gasteiger partial charge in [0.2, 0.25) is 5.91 Å². The van der Waals surface area contributed by atoms with E-state index in [9.17, 15) is 19.5 Å². The summed E-state index contributed by atoms with van der Waals surface area (Å²) in [5.74, 6) is -1.62. The Hall–Kier alpha value is -2.79. The second-order valence-corrected chi connectivity index (χ2v) is 11.1. The summed E-state index contributed by atoms with van der Waals surface area (Å²) < 4.78 is 2.67. The van der Waals surface area contributed by atoms with Crippen molar-refractivity contribution in [1.29, 1.82) is 0 Å². The lowest BCUT2D eigenvalue weighted by Crippen LogP contribution is -2.66. The van der Waals surface area contributed by atoms with Gasteiger partial charge in [0.1, 0.15) is 11.6 Å². The van der Waals surface area contributed by atoms with Crippen molar-refractivity contribution in [1.82, 2.24) is 24.8 Å². The van der Waals surface area contributed by atoms with Gasteiger partial charge in [0.05, 0.1) is 51.8 Å².